The van der Waals surface area contributed by atoms with Gasteiger partial charge in [0.2, 0.25) is 10.0 Å². The highest BCUT2D eigenvalue weighted by Crippen LogP contribution is 2.21. The average Bonchev–Trinajstić information content (AvgIpc) is 2.95. The van der Waals surface area contributed by atoms with Crippen LogP contribution < -0.4 is 10.5 Å². The van der Waals surface area contributed by atoms with E-state index in [-0.39, 0.29) is 15.7 Å². The van der Waals surface area contributed by atoms with Crippen molar-refractivity contribution in [3.05, 3.63) is 34.5 Å². The van der Waals surface area contributed by atoms with Crippen LogP contribution >= 0.6 is 23.6 Å². The first-order valence-electron chi connectivity index (χ1n) is 5.28. The number of rotatable bonds is 5. The summed E-state index contributed by atoms with van der Waals surface area (Å²) < 4.78 is 26.8. The molecule has 0 spiro atoms. The number of sulfonamides is 1. The second-order valence-corrected chi connectivity index (χ2v) is 7.35. The zero-order chi connectivity index (χ0) is 14.0. The van der Waals surface area contributed by atoms with E-state index in [0.717, 1.165) is 22.6 Å². The molecule has 0 aliphatic heterocycles. The van der Waals surface area contributed by atoms with Crippen LogP contribution in [0.1, 0.15) is 16.1 Å². The number of thiophene rings is 1. The number of hydrogen-bond acceptors (Lipinski definition) is 5. The molecule has 2 heterocycles. The van der Waals surface area contributed by atoms with E-state index in [1.807, 2.05) is 6.92 Å². The van der Waals surface area contributed by atoms with E-state index in [0.29, 0.717) is 4.88 Å². The van der Waals surface area contributed by atoms with E-state index >= 15 is 0 Å². The number of hydrogen-bond donors (Lipinski definition) is 3. The topological polar surface area (TPSA) is 101 Å². The van der Waals surface area contributed by atoms with Crippen LogP contribution in [0.3, 0.4) is 0 Å². The second-order valence-electron chi connectivity index (χ2n) is 3.83. The molecule has 19 heavy (non-hydrogen) atoms. The second kappa shape index (κ2) is 5.37. The van der Waals surface area contributed by atoms with E-state index in [1.54, 1.807) is 12.3 Å². The van der Waals surface area contributed by atoms with Gasteiger partial charge in [-0.25, -0.2) is 13.1 Å². The van der Waals surface area contributed by atoms with Gasteiger partial charge in [0.1, 0.15) is 9.20 Å². The van der Waals surface area contributed by atoms with Gasteiger partial charge < -0.3 is 5.73 Å². The lowest BCUT2D eigenvalue weighted by Gasteiger charge is -2.03. The molecule has 0 aliphatic rings. The van der Waals surface area contributed by atoms with Crippen LogP contribution in [0.15, 0.2) is 22.5 Å². The predicted octanol–water partition coefficient (Wildman–Crippen LogP) is 0.892. The molecule has 2 aromatic rings. The average molecular weight is 316 g/mol. The smallest absolute Gasteiger partial charge is 0.250 e. The summed E-state index contributed by atoms with van der Waals surface area (Å²) in [6.07, 6.45) is 1.59. The van der Waals surface area contributed by atoms with Crippen molar-refractivity contribution in [2.45, 2.75) is 17.7 Å². The minimum absolute atomic E-state index is 0.185. The Kier molecular flexibility index (Phi) is 3.99. The molecule has 0 bridgehead atoms. The Labute approximate surface area is 120 Å². The molecule has 0 atom stereocenters. The molecule has 2 rings (SSSR count). The van der Waals surface area contributed by atoms with Gasteiger partial charge in [0.05, 0.1) is 11.1 Å². The Bertz CT molecular complexity index is 702. The van der Waals surface area contributed by atoms with Crippen molar-refractivity contribution < 1.29 is 8.42 Å². The SMILES string of the molecule is Cc1[nH]ncc1CNS(=O)(=O)c1ccc(C(N)=S)s1. The summed E-state index contributed by atoms with van der Waals surface area (Å²) in [4.78, 5) is 0.770. The van der Waals surface area contributed by atoms with Gasteiger partial charge in [-0.05, 0) is 19.1 Å². The van der Waals surface area contributed by atoms with Gasteiger partial charge >= 0.3 is 0 Å². The van der Waals surface area contributed by atoms with E-state index < -0.39 is 10.0 Å². The summed E-state index contributed by atoms with van der Waals surface area (Å²) in [5, 5.41) is 6.58. The molecule has 0 radical (unpaired) electrons. The van der Waals surface area contributed by atoms with E-state index in [1.165, 1.54) is 6.07 Å². The summed E-state index contributed by atoms with van der Waals surface area (Å²) in [5.41, 5.74) is 7.09. The minimum atomic E-state index is -3.55. The highest BCUT2D eigenvalue weighted by Gasteiger charge is 2.17. The van der Waals surface area contributed by atoms with Crippen molar-refractivity contribution in [1.82, 2.24) is 14.9 Å². The third-order valence-electron chi connectivity index (χ3n) is 2.48. The number of thiocarbonyl (C=S) groups is 1. The quantitative estimate of drug-likeness (QED) is 0.711. The number of aromatic nitrogens is 2. The molecule has 6 nitrogen and oxygen atoms in total. The lowest BCUT2D eigenvalue weighted by molar-refractivity contribution is 0.583. The molecule has 0 fully saturated rings. The number of nitrogens with two attached hydrogens (primary N) is 1. The van der Waals surface area contributed by atoms with Crippen molar-refractivity contribution in [1.29, 1.82) is 0 Å². The van der Waals surface area contributed by atoms with Crippen LogP contribution in [0.2, 0.25) is 0 Å². The first kappa shape index (κ1) is 14.1. The van der Waals surface area contributed by atoms with Gasteiger partial charge in [0.25, 0.3) is 0 Å². The summed E-state index contributed by atoms with van der Waals surface area (Å²) >= 11 is 5.85. The number of nitrogens with one attached hydrogen (secondary N) is 2. The van der Waals surface area contributed by atoms with Crippen molar-refractivity contribution >= 4 is 38.6 Å². The van der Waals surface area contributed by atoms with E-state index in [9.17, 15) is 8.42 Å². The van der Waals surface area contributed by atoms with Crippen LogP contribution in [0.5, 0.6) is 0 Å². The maximum Gasteiger partial charge on any atom is 0.250 e. The molecular weight excluding hydrogens is 304 g/mol. The molecule has 0 unspecified atom stereocenters. The third kappa shape index (κ3) is 3.18. The Hall–Kier alpha value is -1.29. The summed E-state index contributed by atoms with van der Waals surface area (Å²) in [6.45, 7) is 2.01. The molecule has 2 aromatic heterocycles. The first-order valence-corrected chi connectivity index (χ1v) is 7.99. The zero-order valence-corrected chi connectivity index (χ0v) is 12.5. The molecule has 0 aliphatic carbocycles. The van der Waals surface area contributed by atoms with Crippen molar-refractivity contribution in [3.63, 3.8) is 0 Å². The molecule has 0 amide bonds. The lowest BCUT2D eigenvalue weighted by atomic mass is 10.3. The molecule has 0 saturated carbocycles. The lowest BCUT2D eigenvalue weighted by Crippen LogP contribution is -2.22. The summed E-state index contributed by atoms with van der Waals surface area (Å²) in [5.74, 6) is 0. The summed E-state index contributed by atoms with van der Waals surface area (Å²) in [7, 11) is -3.55. The van der Waals surface area contributed by atoms with Gasteiger partial charge in [0.15, 0.2) is 0 Å². The van der Waals surface area contributed by atoms with Crippen molar-refractivity contribution in [3.8, 4) is 0 Å². The van der Waals surface area contributed by atoms with Gasteiger partial charge in [-0.1, -0.05) is 12.2 Å². The zero-order valence-electron chi connectivity index (χ0n) is 10.0. The first-order chi connectivity index (χ1) is 8.90. The standard InChI is InChI=1S/C10H12N4O2S3/c1-6-7(4-12-14-6)5-13-19(15,16)9-3-2-8(18-9)10(11)17/h2-4,13H,5H2,1H3,(H2,11,17)(H,12,14). The Morgan fingerprint density at radius 3 is 2.84 bits per heavy atom. The van der Waals surface area contributed by atoms with Crippen LogP contribution in [-0.4, -0.2) is 23.6 Å². The number of aromatic amines is 1. The van der Waals surface area contributed by atoms with Gasteiger partial charge in [-0.2, -0.15) is 5.10 Å². The fourth-order valence-electron chi connectivity index (χ4n) is 1.39. The normalized spacial score (nSPS) is 11.6. The largest absolute Gasteiger partial charge is 0.389 e. The van der Waals surface area contributed by atoms with E-state index in [4.69, 9.17) is 18.0 Å². The Morgan fingerprint density at radius 1 is 1.58 bits per heavy atom. The highest BCUT2D eigenvalue weighted by molar-refractivity contribution is 7.91. The fraction of sp³-hybridized carbons (Fsp3) is 0.200. The molecular formula is C10H12N4O2S3. The Morgan fingerprint density at radius 2 is 2.32 bits per heavy atom. The van der Waals surface area contributed by atoms with Gasteiger partial charge in [-0.3, -0.25) is 5.10 Å². The Balaban J connectivity index is 2.14. The van der Waals surface area contributed by atoms with E-state index in [2.05, 4.69) is 14.9 Å². The minimum Gasteiger partial charge on any atom is -0.389 e. The monoisotopic (exact) mass is 316 g/mol. The van der Waals surface area contributed by atoms with Crippen LogP contribution in [-0.2, 0) is 16.6 Å². The highest BCUT2D eigenvalue weighted by atomic mass is 32.2. The van der Waals surface area contributed by atoms with Crippen LogP contribution in [0, 0.1) is 6.92 Å². The molecule has 0 saturated heterocycles. The van der Waals surface area contributed by atoms with Crippen LogP contribution in [0.4, 0.5) is 0 Å². The van der Waals surface area contributed by atoms with Crippen molar-refractivity contribution in [2.24, 2.45) is 5.73 Å². The predicted molar refractivity (Wildman–Crippen MR) is 77.6 cm³/mol. The molecule has 4 N–H and O–H groups in total. The maximum atomic E-state index is 12.1. The number of H-pyrrole nitrogens is 1. The number of nitrogens with zero attached hydrogens (tertiary/aromatic N) is 1. The van der Waals surface area contributed by atoms with Gasteiger partial charge in [0, 0.05) is 17.8 Å². The third-order valence-corrected chi connectivity index (χ3v) is 5.84. The van der Waals surface area contributed by atoms with Gasteiger partial charge in [-0.15, -0.1) is 11.3 Å². The fourth-order valence-corrected chi connectivity index (χ4v) is 3.80. The van der Waals surface area contributed by atoms with Crippen molar-refractivity contribution in [2.75, 3.05) is 0 Å². The molecule has 102 valence electrons. The number of aryl methyl sites for hydroxylation is 1. The summed E-state index contributed by atoms with van der Waals surface area (Å²) in [6, 6.07) is 3.09. The maximum absolute atomic E-state index is 12.1. The molecule has 0 aromatic carbocycles. The molecule has 9 heteroatoms. The van der Waals surface area contributed by atoms with Crippen LogP contribution in [0.25, 0.3) is 0 Å².